The first-order valence-corrected chi connectivity index (χ1v) is 6.29. The maximum atomic E-state index is 11.8. The molecule has 1 fully saturated rings. The summed E-state index contributed by atoms with van der Waals surface area (Å²) in [7, 11) is 1.27. The van der Waals surface area contributed by atoms with Crippen molar-refractivity contribution in [1.82, 2.24) is 4.90 Å². The number of piperidine rings is 1. The molecule has 0 aromatic heterocycles. The molecule has 1 aliphatic rings. The number of unbranched alkanes of at least 4 members (excludes halogenated alkanes) is 1. The highest BCUT2D eigenvalue weighted by Crippen LogP contribution is 2.19. The fourth-order valence-electron chi connectivity index (χ4n) is 1.91. The average Bonchev–Trinajstić information content (AvgIpc) is 2.37. The van der Waals surface area contributed by atoms with Gasteiger partial charge in [-0.1, -0.05) is 13.3 Å². The van der Waals surface area contributed by atoms with Crippen molar-refractivity contribution in [2.75, 3.05) is 20.3 Å². The molecule has 104 valence electrons. The minimum atomic E-state index is -0.743. The third kappa shape index (κ3) is 3.87. The number of ether oxygens (including phenoxy) is 2. The molecule has 1 N–H and O–H groups in total. The maximum absolute atomic E-state index is 11.8. The standard InChI is InChI=1S/C12H21NO5/c1-3-4-7-18-12(16)13-6-5-9(14)8-10(13)11(15)17-2/h9-10,14H,3-8H2,1-2H3. The van der Waals surface area contributed by atoms with Crippen molar-refractivity contribution in [1.29, 1.82) is 0 Å². The van der Waals surface area contributed by atoms with E-state index in [1.54, 1.807) is 0 Å². The molecular formula is C12H21NO5. The number of aliphatic hydroxyl groups is 1. The maximum Gasteiger partial charge on any atom is 0.410 e. The second kappa shape index (κ2) is 7.20. The van der Waals surface area contributed by atoms with E-state index >= 15 is 0 Å². The number of carbonyl (C=O) groups excluding carboxylic acids is 2. The number of nitrogens with zero attached hydrogens (tertiary/aromatic N) is 1. The van der Waals surface area contributed by atoms with Crippen molar-refractivity contribution in [3.63, 3.8) is 0 Å². The van der Waals surface area contributed by atoms with Gasteiger partial charge < -0.3 is 14.6 Å². The van der Waals surface area contributed by atoms with Crippen LogP contribution in [-0.4, -0.2) is 54.5 Å². The van der Waals surface area contributed by atoms with E-state index in [0.717, 1.165) is 12.8 Å². The van der Waals surface area contributed by atoms with Crippen LogP contribution < -0.4 is 0 Å². The van der Waals surface area contributed by atoms with Crippen LogP contribution >= 0.6 is 0 Å². The van der Waals surface area contributed by atoms with Crippen molar-refractivity contribution in [3.8, 4) is 0 Å². The van der Waals surface area contributed by atoms with E-state index in [9.17, 15) is 14.7 Å². The molecule has 0 aromatic rings. The Hall–Kier alpha value is -1.30. The summed E-state index contributed by atoms with van der Waals surface area (Å²) < 4.78 is 9.72. The summed E-state index contributed by atoms with van der Waals surface area (Å²) in [6.45, 7) is 2.66. The summed E-state index contributed by atoms with van der Waals surface area (Å²) in [4.78, 5) is 24.7. The molecule has 1 heterocycles. The number of hydrogen-bond donors (Lipinski definition) is 1. The minimum absolute atomic E-state index is 0.204. The van der Waals surface area contributed by atoms with E-state index in [2.05, 4.69) is 4.74 Å². The summed E-state index contributed by atoms with van der Waals surface area (Å²) in [5.41, 5.74) is 0. The molecule has 0 radical (unpaired) electrons. The van der Waals surface area contributed by atoms with Crippen LogP contribution in [0.5, 0.6) is 0 Å². The van der Waals surface area contributed by atoms with Crippen LogP contribution in [0.1, 0.15) is 32.6 Å². The molecule has 0 saturated carbocycles. The molecule has 6 nitrogen and oxygen atoms in total. The van der Waals surface area contributed by atoms with E-state index in [4.69, 9.17) is 4.74 Å². The van der Waals surface area contributed by atoms with Crippen molar-refractivity contribution >= 4 is 12.1 Å². The van der Waals surface area contributed by atoms with Gasteiger partial charge in [0.2, 0.25) is 0 Å². The second-order valence-corrected chi connectivity index (χ2v) is 4.38. The lowest BCUT2D eigenvalue weighted by molar-refractivity contribution is -0.149. The predicted octanol–water partition coefficient (Wildman–Crippen LogP) is 0.921. The number of likely N-dealkylation sites (tertiary alicyclic amines) is 1. The zero-order valence-electron chi connectivity index (χ0n) is 10.9. The van der Waals surface area contributed by atoms with Crippen LogP contribution in [0.15, 0.2) is 0 Å². The third-order valence-electron chi connectivity index (χ3n) is 3.01. The van der Waals surface area contributed by atoms with Gasteiger partial charge in [-0.25, -0.2) is 9.59 Å². The zero-order valence-corrected chi connectivity index (χ0v) is 10.9. The predicted molar refractivity (Wildman–Crippen MR) is 64.0 cm³/mol. The largest absolute Gasteiger partial charge is 0.467 e. The Kier molecular flexibility index (Phi) is 5.91. The summed E-state index contributed by atoms with van der Waals surface area (Å²) in [5.74, 6) is -0.513. The Balaban J connectivity index is 2.59. The smallest absolute Gasteiger partial charge is 0.410 e. The quantitative estimate of drug-likeness (QED) is 0.600. The normalized spacial score (nSPS) is 23.6. The van der Waals surface area contributed by atoms with Crippen molar-refractivity contribution < 1.29 is 24.2 Å². The van der Waals surface area contributed by atoms with Gasteiger partial charge in [-0.3, -0.25) is 4.90 Å². The molecule has 0 spiro atoms. The summed E-state index contributed by atoms with van der Waals surface area (Å²) in [5, 5.41) is 9.55. The van der Waals surface area contributed by atoms with Gasteiger partial charge in [0.15, 0.2) is 0 Å². The van der Waals surface area contributed by atoms with Crippen LogP contribution in [0.4, 0.5) is 4.79 Å². The molecule has 0 bridgehead atoms. The Morgan fingerprint density at radius 2 is 2.17 bits per heavy atom. The van der Waals surface area contributed by atoms with Crippen molar-refractivity contribution in [2.45, 2.75) is 44.8 Å². The number of methoxy groups -OCH3 is 1. The van der Waals surface area contributed by atoms with Gasteiger partial charge in [-0.15, -0.1) is 0 Å². The van der Waals surface area contributed by atoms with Gasteiger partial charge >= 0.3 is 12.1 Å². The highest BCUT2D eigenvalue weighted by molar-refractivity contribution is 5.81. The fourth-order valence-corrected chi connectivity index (χ4v) is 1.91. The van der Waals surface area contributed by atoms with E-state index in [1.807, 2.05) is 6.92 Å². The highest BCUT2D eigenvalue weighted by atomic mass is 16.6. The van der Waals surface area contributed by atoms with Crippen LogP contribution in [0.2, 0.25) is 0 Å². The molecule has 1 rings (SSSR count). The Labute approximate surface area is 107 Å². The minimum Gasteiger partial charge on any atom is -0.467 e. The molecule has 2 atom stereocenters. The van der Waals surface area contributed by atoms with E-state index in [0.29, 0.717) is 19.6 Å². The van der Waals surface area contributed by atoms with Crippen LogP contribution in [-0.2, 0) is 14.3 Å². The Morgan fingerprint density at radius 1 is 1.44 bits per heavy atom. The molecule has 2 unspecified atom stereocenters. The van der Waals surface area contributed by atoms with Gasteiger partial charge in [0.1, 0.15) is 6.04 Å². The molecule has 1 aliphatic heterocycles. The lowest BCUT2D eigenvalue weighted by Crippen LogP contribution is -2.52. The Morgan fingerprint density at radius 3 is 2.78 bits per heavy atom. The number of aliphatic hydroxyl groups excluding tert-OH is 1. The average molecular weight is 259 g/mol. The van der Waals surface area contributed by atoms with E-state index in [1.165, 1.54) is 12.0 Å². The van der Waals surface area contributed by atoms with Gasteiger partial charge in [-0.2, -0.15) is 0 Å². The first-order valence-electron chi connectivity index (χ1n) is 6.29. The van der Waals surface area contributed by atoms with E-state index in [-0.39, 0.29) is 6.42 Å². The molecule has 1 amide bonds. The zero-order chi connectivity index (χ0) is 13.5. The van der Waals surface area contributed by atoms with E-state index < -0.39 is 24.2 Å². The van der Waals surface area contributed by atoms with Gasteiger partial charge in [0.25, 0.3) is 0 Å². The van der Waals surface area contributed by atoms with Gasteiger partial charge in [0.05, 0.1) is 19.8 Å². The van der Waals surface area contributed by atoms with Crippen LogP contribution in [0, 0.1) is 0 Å². The first-order chi connectivity index (χ1) is 8.60. The molecule has 6 heteroatoms. The summed E-state index contributed by atoms with van der Waals surface area (Å²) in [6, 6.07) is -0.743. The highest BCUT2D eigenvalue weighted by Gasteiger charge is 2.37. The molecule has 0 aliphatic carbocycles. The number of amides is 1. The van der Waals surface area contributed by atoms with Crippen molar-refractivity contribution in [2.24, 2.45) is 0 Å². The van der Waals surface area contributed by atoms with Crippen LogP contribution in [0.25, 0.3) is 0 Å². The number of esters is 1. The number of rotatable bonds is 4. The topological polar surface area (TPSA) is 76.1 Å². The number of carbonyl (C=O) groups is 2. The lowest BCUT2D eigenvalue weighted by atomic mass is 10.00. The van der Waals surface area contributed by atoms with Crippen LogP contribution in [0.3, 0.4) is 0 Å². The molecule has 1 saturated heterocycles. The lowest BCUT2D eigenvalue weighted by Gasteiger charge is -2.35. The number of hydrogen-bond acceptors (Lipinski definition) is 5. The van der Waals surface area contributed by atoms with Gasteiger partial charge in [0, 0.05) is 13.0 Å². The second-order valence-electron chi connectivity index (χ2n) is 4.38. The monoisotopic (exact) mass is 259 g/mol. The fraction of sp³-hybridized carbons (Fsp3) is 0.833. The molecule has 0 aromatic carbocycles. The Bertz CT molecular complexity index is 294. The SMILES string of the molecule is CCCCOC(=O)N1CCC(O)CC1C(=O)OC. The molecular weight excluding hydrogens is 238 g/mol. The summed E-state index contributed by atoms with van der Waals surface area (Å²) >= 11 is 0. The van der Waals surface area contributed by atoms with Gasteiger partial charge in [-0.05, 0) is 12.8 Å². The van der Waals surface area contributed by atoms with Crippen molar-refractivity contribution in [3.05, 3.63) is 0 Å². The first kappa shape index (κ1) is 14.8. The summed E-state index contributed by atoms with van der Waals surface area (Å²) in [6.07, 6.45) is 1.31. The molecule has 18 heavy (non-hydrogen) atoms. The third-order valence-corrected chi connectivity index (χ3v) is 3.01.